The number of alkyl halides is 3. The van der Waals surface area contributed by atoms with Gasteiger partial charge in [0.25, 0.3) is 0 Å². The summed E-state index contributed by atoms with van der Waals surface area (Å²) in [6.07, 6.45) is -4.34. The smallest absolute Gasteiger partial charge is 0.416 e. The first-order valence-electron chi connectivity index (χ1n) is 9.29. The molecule has 0 fully saturated rings. The molecular formula is C20H21F3N2O5S. The molecule has 11 heteroatoms. The molecule has 1 aliphatic rings. The van der Waals surface area contributed by atoms with E-state index in [0.29, 0.717) is 21.9 Å². The molecule has 7 nitrogen and oxygen atoms in total. The van der Waals surface area contributed by atoms with Gasteiger partial charge >= 0.3 is 6.18 Å². The minimum Gasteiger partial charge on any atom is -0.486 e. The molecular weight excluding hydrogens is 437 g/mol. The number of halogens is 3. The molecule has 0 spiro atoms. The number of hydrogen-bond acceptors (Lipinski definition) is 5. The Hall–Kier alpha value is -2.95. The number of benzene rings is 2. The number of nitrogens with one attached hydrogen (secondary N) is 1. The SMILES string of the molecule is C[C@@H](C(=O)NC[C@H]1COc2ccccc2O1)N(c1cccc(C(F)(F)F)c1)S(C)(=O)=O. The standard InChI is InChI=1S/C20H21F3N2O5S/c1-13(19(26)24-11-16-12-29-17-8-3-4-9-18(17)30-16)25(31(2,27)28)15-7-5-6-14(10-15)20(21,22)23/h3-10,13,16H,11-12H2,1-2H3,(H,24,26)/t13-,16-/m0/s1. The maximum atomic E-state index is 13.0. The molecule has 2 aromatic carbocycles. The van der Waals surface area contributed by atoms with Crippen LogP contribution in [0.5, 0.6) is 11.5 Å². The van der Waals surface area contributed by atoms with E-state index in [1.54, 1.807) is 24.3 Å². The number of carbonyl (C=O) groups is 1. The topological polar surface area (TPSA) is 84.9 Å². The highest BCUT2D eigenvalue weighted by Crippen LogP contribution is 2.33. The summed E-state index contributed by atoms with van der Waals surface area (Å²) in [5.74, 6) is 0.402. The largest absolute Gasteiger partial charge is 0.486 e. The minimum absolute atomic E-state index is 0.0255. The second-order valence-electron chi connectivity index (χ2n) is 7.03. The van der Waals surface area contributed by atoms with Crippen molar-refractivity contribution in [3.63, 3.8) is 0 Å². The van der Waals surface area contributed by atoms with Gasteiger partial charge < -0.3 is 14.8 Å². The number of para-hydroxylation sites is 2. The van der Waals surface area contributed by atoms with Gasteiger partial charge in [0, 0.05) is 0 Å². The summed E-state index contributed by atoms with van der Waals surface area (Å²) in [6, 6.07) is 9.53. The van der Waals surface area contributed by atoms with Gasteiger partial charge in [0.1, 0.15) is 18.8 Å². The molecule has 1 heterocycles. The zero-order chi connectivity index (χ0) is 22.8. The lowest BCUT2D eigenvalue weighted by molar-refractivity contribution is -0.137. The Morgan fingerprint density at radius 1 is 1.19 bits per heavy atom. The molecule has 0 aliphatic carbocycles. The van der Waals surface area contributed by atoms with Crippen LogP contribution in [-0.2, 0) is 21.0 Å². The third kappa shape index (κ3) is 5.40. The first-order valence-corrected chi connectivity index (χ1v) is 11.1. The van der Waals surface area contributed by atoms with Gasteiger partial charge in [0.15, 0.2) is 11.5 Å². The van der Waals surface area contributed by atoms with Crippen molar-refractivity contribution < 1.29 is 35.9 Å². The number of nitrogens with zero attached hydrogens (tertiary/aromatic N) is 1. The Morgan fingerprint density at radius 3 is 2.52 bits per heavy atom. The van der Waals surface area contributed by atoms with Crippen molar-refractivity contribution in [1.82, 2.24) is 5.32 Å². The van der Waals surface area contributed by atoms with E-state index in [1.165, 1.54) is 13.0 Å². The van der Waals surface area contributed by atoms with Crippen LogP contribution in [0.25, 0.3) is 0 Å². The van der Waals surface area contributed by atoms with E-state index in [4.69, 9.17) is 9.47 Å². The van der Waals surface area contributed by atoms with Crippen molar-refractivity contribution in [2.45, 2.75) is 25.2 Å². The van der Waals surface area contributed by atoms with E-state index in [0.717, 1.165) is 18.4 Å². The Labute approximate surface area is 177 Å². The number of fused-ring (bicyclic) bond motifs is 1. The summed E-state index contributed by atoms with van der Waals surface area (Å²) in [4.78, 5) is 12.6. The van der Waals surface area contributed by atoms with E-state index >= 15 is 0 Å². The van der Waals surface area contributed by atoms with Gasteiger partial charge in [0.05, 0.1) is 24.1 Å². The summed E-state index contributed by atoms with van der Waals surface area (Å²) >= 11 is 0. The molecule has 0 aromatic heterocycles. The zero-order valence-corrected chi connectivity index (χ0v) is 17.5. The van der Waals surface area contributed by atoms with Crippen LogP contribution in [0.3, 0.4) is 0 Å². The van der Waals surface area contributed by atoms with Gasteiger partial charge in [-0.15, -0.1) is 0 Å². The van der Waals surface area contributed by atoms with E-state index in [1.807, 2.05) is 0 Å². The normalized spacial score (nSPS) is 17.0. The Kier molecular flexibility index (Phi) is 6.35. The summed E-state index contributed by atoms with van der Waals surface area (Å²) in [5, 5.41) is 2.58. The molecule has 1 N–H and O–H groups in total. The van der Waals surface area contributed by atoms with Crippen LogP contribution in [-0.4, -0.2) is 45.9 Å². The number of ether oxygens (including phenoxy) is 2. The first-order chi connectivity index (χ1) is 14.5. The molecule has 0 unspecified atom stereocenters. The van der Waals surface area contributed by atoms with Gasteiger partial charge in [-0.2, -0.15) is 13.2 Å². The quantitative estimate of drug-likeness (QED) is 0.720. The van der Waals surface area contributed by atoms with Crippen molar-refractivity contribution in [2.75, 3.05) is 23.7 Å². The van der Waals surface area contributed by atoms with Crippen molar-refractivity contribution in [2.24, 2.45) is 0 Å². The maximum absolute atomic E-state index is 13.0. The predicted octanol–water partition coefficient (Wildman–Crippen LogP) is 2.82. The molecule has 1 amide bonds. The average Bonchev–Trinajstić information content (AvgIpc) is 2.70. The summed E-state index contributed by atoms with van der Waals surface area (Å²) in [5.41, 5.74) is -1.27. The molecule has 3 rings (SSSR count). The van der Waals surface area contributed by atoms with Crippen LogP contribution in [0, 0.1) is 0 Å². The molecule has 0 saturated heterocycles. The summed E-state index contributed by atoms with van der Waals surface area (Å²) in [7, 11) is -4.06. The molecule has 0 bridgehead atoms. The second kappa shape index (κ2) is 8.66. The minimum atomic E-state index is -4.65. The Balaban J connectivity index is 1.72. The molecule has 1 aliphatic heterocycles. The fourth-order valence-electron chi connectivity index (χ4n) is 3.15. The summed E-state index contributed by atoms with van der Waals surface area (Å²) < 4.78 is 75.7. The highest BCUT2D eigenvalue weighted by molar-refractivity contribution is 7.92. The molecule has 168 valence electrons. The zero-order valence-electron chi connectivity index (χ0n) is 16.7. The second-order valence-corrected chi connectivity index (χ2v) is 8.89. The fourth-order valence-corrected chi connectivity index (χ4v) is 4.32. The van der Waals surface area contributed by atoms with E-state index in [-0.39, 0.29) is 18.8 Å². The Morgan fingerprint density at radius 2 is 1.87 bits per heavy atom. The van der Waals surface area contributed by atoms with Crippen LogP contribution in [0.15, 0.2) is 48.5 Å². The molecule has 2 atom stereocenters. The number of hydrogen-bond donors (Lipinski definition) is 1. The highest BCUT2D eigenvalue weighted by Gasteiger charge is 2.34. The predicted molar refractivity (Wildman–Crippen MR) is 108 cm³/mol. The van der Waals surface area contributed by atoms with Crippen molar-refractivity contribution in [3.8, 4) is 11.5 Å². The third-order valence-corrected chi connectivity index (χ3v) is 5.83. The average molecular weight is 458 g/mol. The van der Waals surface area contributed by atoms with Gasteiger partial charge in [0.2, 0.25) is 15.9 Å². The van der Waals surface area contributed by atoms with Crippen LogP contribution >= 0.6 is 0 Å². The fraction of sp³-hybridized carbons (Fsp3) is 0.350. The van der Waals surface area contributed by atoms with E-state index < -0.39 is 39.8 Å². The number of rotatable bonds is 6. The molecule has 0 saturated carbocycles. The highest BCUT2D eigenvalue weighted by atomic mass is 32.2. The van der Waals surface area contributed by atoms with Crippen LogP contribution in [0.1, 0.15) is 12.5 Å². The first kappa shape index (κ1) is 22.7. The van der Waals surface area contributed by atoms with Crippen LogP contribution in [0.4, 0.5) is 18.9 Å². The van der Waals surface area contributed by atoms with Gasteiger partial charge in [-0.25, -0.2) is 8.42 Å². The van der Waals surface area contributed by atoms with Gasteiger partial charge in [-0.1, -0.05) is 18.2 Å². The van der Waals surface area contributed by atoms with Crippen molar-refractivity contribution >= 4 is 21.6 Å². The van der Waals surface area contributed by atoms with E-state index in [2.05, 4.69) is 5.32 Å². The van der Waals surface area contributed by atoms with Crippen molar-refractivity contribution in [3.05, 3.63) is 54.1 Å². The monoisotopic (exact) mass is 458 g/mol. The number of sulfonamides is 1. The van der Waals surface area contributed by atoms with Gasteiger partial charge in [-0.05, 0) is 37.3 Å². The molecule has 31 heavy (non-hydrogen) atoms. The number of amides is 1. The summed E-state index contributed by atoms with van der Waals surface area (Å²) in [6.45, 7) is 1.50. The number of carbonyl (C=O) groups excluding carboxylic acids is 1. The van der Waals surface area contributed by atoms with Crippen molar-refractivity contribution in [1.29, 1.82) is 0 Å². The Bertz CT molecular complexity index is 1060. The number of anilines is 1. The van der Waals surface area contributed by atoms with E-state index in [9.17, 15) is 26.4 Å². The molecule has 2 aromatic rings. The third-order valence-electron chi connectivity index (χ3n) is 4.59. The maximum Gasteiger partial charge on any atom is 0.416 e. The van der Waals surface area contributed by atoms with Crippen LogP contribution < -0.4 is 19.1 Å². The lowest BCUT2D eigenvalue weighted by Crippen LogP contribution is -2.50. The lowest BCUT2D eigenvalue weighted by Gasteiger charge is -2.30. The van der Waals surface area contributed by atoms with Gasteiger partial charge in [-0.3, -0.25) is 9.10 Å². The van der Waals surface area contributed by atoms with Crippen LogP contribution in [0.2, 0.25) is 0 Å². The molecule has 0 radical (unpaired) electrons. The lowest BCUT2D eigenvalue weighted by atomic mass is 10.1.